The number of aromatic nitrogens is 3. The highest BCUT2D eigenvalue weighted by molar-refractivity contribution is 6.28. The average molecular weight is 314 g/mol. The summed E-state index contributed by atoms with van der Waals surface area (Å²) in [6.45, 7) is 7.09. The Labute approximate surface area is 131 Å². The molecule has 0 amide bonds. The fraction of sp³-hybridized carbons (Fsp3) is 0.786. The van der Waals surface area contributed by atoms with Crippen LogP contribution in [0.25, 0.3) is 0 Å². The number of ether oxygens (including phenoxy) is 1. The van der Waals surface area contributed by atoms with Crippen LogP contribution in [0.4, 0.5) is 5.95 Å². The fourth-order valence-electron chi connectivity index (χ4n) is 2.47. The van der Waals surface area contributed by atoms with Crippen LogP contribution in [0.1, 0.15) is 26.7 Å². The van der Waals surface area contributed by atoms with Crippen molar-refractivity contribution in [3.8, 4) is 6.01 Å². The molecule has 0 atom stereocenters. The molecule has 2 heterocycles. The van der Waals surface area contributed by atoms with E-state index in [0.29, 0.717) is 11.9 Å². The van der Waals surface area contributed by atoms with Crippen molar-refractivity contribution >= 4 is 17.5 Å². The molecular formula is C14H24ClN5O. The highest BCUT2D eigenvalue weighted by atomic mass is 35.5. The second-order valence-corrected chi connectivity index (χ2v) is 6.32. The summed E-state index contributed by atoms with van der Waals surface area (Å²) in [6.07, 6.45) is 2.42. The minimum absolute atomic E-state index is 0.00973. The van der Waals surface area contributed by atoms with Crippen LogP contribution in [-0.4, -0.2) is 59.7 Å². The van der Waals surface area contributed by atoms with Crippen molar-refractivity contribution in [1.82, 2.24) is 19.9 Å². The Morgan fingerprint density at radius 3 is 2.57 bits per heavy atom. The minimum atomic E-state index is 0.00973. The van der Waals surface area contributed by atoms with Gasteiger partial charge in [0.15, 0.2) is 0 Å². The van der Waals surface area contributed by atoms with E-state index in [1.54, 1.807) is 0 Å². The van der Waals surface area contributed by atoms with E-state index in [1.165, 1.54) is 12.8 Å². The van der Waals surface area contributed by atoms with Crippen LogP contribution in [0, 0.1) is 5.92 Å². The molecule has 0 bridgehead atoms. The number of likely N-dealkylation sites (tertiary alicyclic amines) is 1. The summed E-state index contributed by atoms with van der Waals surface area (Å²) in [4.78, 5) is 16.9. The van der Waals surface area contributed by atoms with Gasteiger partial charge < -0.3 is 14.5 Å². The number of halogens is 1. The lowest BCUT2D eigenvalue weighted by Crippen LogP contribution is -2.36. The number of anilines is 1. The highest BCUT2D eigenvalue weighted by Gasteiger charge is 2.20. The van der Waals surface area contributed by atoms with Crippen LogP contribution < -0.4 is 9.64 Å². The lowest BCUT2D eigenvalue weighted by atomic mass is 9.97. The van der Waals surface area contributed by atoms with Gasteiger partial charge in [-0.25, -0.2) is 0 Å². The van der Waals surface area contributed by atoms with Gasteiger partial charge in [-0.2, -0.15) is 15.0 Å². The molecule has 0 aromatic carbocycles. The van der Waals surface area contributed by atoms with Gasteiger partial charge in [-0.1, -0.05) is 0 Å². The first kappa shape index (κ1) is 16.2. The van der Waals surface area contributed by atoms with E-state index in [4.69, 9.17) is 16.3 Å². The van der Waals surface area contributed by atoms with Gasteiger partial charge in [0.1, 0.15) is 0 Å². The molecule has 2 rings (SSSR count). The first-order valence-corrected chi connectivity index (χ1v) is 7.79. The second-order valence-electron chi connectivity index (χ2n) is 5.98. The minimum Gasteiger partial charge on any atom is -0.461 e. The molecule has 21 heavy (non-hydrogen) atoms. The van der Waals surface area contributed by atoms with Gasteiger partial charge in [0.25, 0.3) is 0 Å². The predicted molar refractivity (Wildman–Crippen MR) is 84.1 cm³/mol. The summed E-state index contributed by atoms with van der Waals surface area (Å²) in [6, 6.07) is 0.287. The molecule has 1 aliphatic heterocycles. The van der Waals surface area contributed by atoms with E-state index < -0.39 is 0 Å². The predicted octanol–water partition coefficient (Wildman–Crippen LogP) is 2.09. The van der Waals surface area contributed by atoms with E-state index in [1.807, 2.05) is 25.8 Å². The molecule has 118 valence electrons. The zero-order chi connectivity index (χ0) is 15.4. The number of hydrogen-bond donors (Lipinski definition) is 0. The molecule has 0 N–H and O–H groups in total. The summed E-state index contributed by atoms with van der Waals surface area (Å²) in [5.74, 6) is 1.24. The van der Waals surface area contributed by atoms with Gasteiger partial charge in [-0.15, -0.1) is 0 Å². The van der Waals surface area contributed by atoms with E-state index >= 15 is 0 Å². The Hall–Kier alpha value is -1.14. The normalized spacial score (nSPS) is 17.2. The first-order chi connectivity index (χ1) is 9.94. The molecule has 1 aromatic heterocycles. The zero-order valence-corrected chi connectivity index (χ0v) is 14.0. The van der Waals surface area contributed by atoms with Gasteiger partial charge in [0.2, 0.25) is 11.2 Å². The van der Waals surface area contributed by atoms with Crippen molar-refractivity contribution in [2.45, 2.75) is 32.8 Å². The van der Waals surface area contributed by atoms with Crippen molar-refractivity contribution in [1.29, 1.82) is 0 Å². The molecule has 1 aromatic rings. The molecule has 0 spiro atoms. The van der Waals surface area contributed by atoms with Crippen LogP contribution in [0.2, 0.25) is 5.28 Å². The number of hydrogen-bond acceptors (Lipinski definition) is 6. The Kier molecular flexibility index (Phi) is 5.58. The Balaban J connectivity index is 2.01. The molecule has 1 fully saturated rings. The Morgan fingerprint density at radius 1 is 1.29 bits per heavy atom. The zero-order valence-electron chi connectivity index (χ0n) is 13.2. The highest BCUT2D eigenvalue weighted by Crippen LogP contribution is 2.20. The van der Waals surface area contributed by atoms with Crippen LogP contribution >= 0.6 is 11.6 Å². The number of rotatable bonds is 5. The third-order valence-electron chi connectivity index (χ3n) is 3.63. The third kappa shape index (κ3) is 4.97. The number of nitrogens with zero attached hydrogens (tertiary/aromatic N) is 5. The summed E-state index contributed by atoms with van der Waals surface area (Å²) in [5, 5.41) is 0.172. The maximum atomic E-state index is 5.96. The lowest BCUT2D eigenvalue weighted by Gasteiger charge is -2.31. The van der Waals surface area contributed by atoms with Gasteiger partial charge >= 0.3 is 6.01 Å². The van der Waals surface area contributed by atoms with Crippen LogP contribution in [-0.2, 0) is 0 Å². The molecule has 1 saturated heterocycles. The summed E-state index contributed by atoms with van der Waals surface area (Å²) >= 11 is 5.96. The van der Waals surface area contributed by atoms with E-state index in [0.717, 1.165) is 19.6 Å². The van der Waals surface area contributed by atoms with Crippen LogP contribution in [0.3, 0.4) is 0 Å². The van der Waals surface area contributed by atoms with Crippen molar-refractivity contribution < 1.29 is 4.74 Å². The van der Waals surface area contributed by atoms with E-state index in [-0.39, 0.29) is 17.4 Å². The molecule has 1 aliphatic rings. The Morgan fingerprint density at radius 2 is 1.95 bits per heavy atom. The smallest absolute Gasteiger partial charge is 0.322 e. The Bertz CT molecular complexity index is 463. The quantitative estimate of drug-likeness (QED) is 0.829. The molecule has 6 nitrogen and oxygen atoms in total. The maximum absolute atomic E-state index is 5.96. The molecular weight excluding hydrogens is 290 g/mol. The standard InChI is InChI=1S/C14H24ClN5O/c1-10(2)21-14-17-12(15)16-13(18-14)20(4)9-11-5-7-19(3)8-6-11/h10-11H,5-9H2,1-4H3. The van der Waals surface area contributed by atoms with Crippen LogP contribution in [0.15, 0.2) is 0 Å². The number of piperidine rings is 1. The maximum Gasteiger partial charge on any atom is 0.322 e. The second kappa shape index (κ2) is 7.22. The molecule has 0 radical (unpaired) electrons. The van der Waals surface area contributed by atoms with Gasteiger partial charge in [-0.3, -0.25) is 0 Å². The van der Waals surface area contributed by atoms with Crippen molar-refractivity contribution in [3.63, 3.8) is 0 Å². The largest absolute Gasteiger partial charge is 0.461 e. The summed E-state index contributed by atoms with van der Waals surface area (Å²) < 4.78 is 5.51. The van der Waals surface area contributed by atoms with Gasteiger partial charge in [0, 0.05) is 13.6 Å². The molecule has 0 unspecified atom stereocenters. The van der Waals surface area contributed by atoms with Gasteiger partial charge in [0.05, 0.1) is 6.10 Å². The van der Waals surface area contributed by atoms with Crippen molar-refractivity contribution in [2.75, 3.05) is 38.6 Å². The topological polar surface area (TPSA) is 54.4 Å². The van der Waals surface area contributed by atoms with Crippen LogP contribution in [0.5, 0.6) is 6.01 Å². The van der Waals surface area contributed by atoms with E-state index in [9.17, 15) is 0 Å². The lowest BCUT2D eigenvalue weighted by molar-refractivity contribution is 0.218. The molecule has 0 aliphatic carbocycles. The molecule has 0 saturated carbocycles. The van der Waals surface area contributed by atoms with E-state index in [2.05, 4.69) is 26.9 Å². The third-order valence-corrected chi connectivity index (χ3v) is 3.80. The summed E-state index contributed by atoms with van der Waals surface area (Å²) in [7, 11) is 4.16. The fourth-order valence-corrected chi connectivity index (χ4v) is 2.62. The average Bonchev–Trinajstić information content (AvgIpc) is 2.40. The SMILES string of the molecule is CC(C)Oc1nc(Cl)nc(N(C)CC2CCN(C)CC2)n1. The van der Waals surface area contributed by atoms with Crippen molar-refractivity contribution in [2.24, 2.45) is 5.92 Å². The summed E-state index contributed by atoms with van der Waals surface area (Å²) in [5.41, 5.74) is 0. The monoisotopic (exact) mass is 313 g/mol. The van der Waals surface area contributed by atoms with Crippen molar-refractivity contribution in [3.05, 3.63) is 5.28 Å². The molecule has 7 heteroatoms. The van der Waals surface area contributed by atoms with Gasteiger partial charge in [-0.05, 0) is 64.3 Å². The first-order valence-electron chi connectivity index (χ1n) is 7.42.